The Morgan fingerprint density at radius 1 is 1.47 bits per heavy atom. The molecule has 0 spiro atoms. The number of hydrogen-bond donors (Lipinski definition) is 1. The summed E-state index contributed by atoms with van der Waals surface area (Å²) in [5.41, 5.74) is 0. The van der Waals surface area contributed by atoms with Crippen molar-refractivity contribution in [2.45, 2.75) is 18.9 Å². The molecule has 0 saturated carbocycles. The molecule has 1 saturated heterocycles. The SMILES string of the molecule is CN(c1ccccn1)C1CCN(C(=O)O)CC1. The van der Waals surface area contributed by atoms with Gasteiger partial charge in [0.2, 0.25) is 0 Å². The third-order valence-electron chi connectivity index (χ3n) is 3.29. The van der Waals surface area contributed by atoms with E-state index in [1.165, 1.54) is 4.90 Å². The predicted octanol–water partition coefficient (Wildman–Crippen LogP) is 1.66. The lowest BCUT2D eigenvalue weighted by Crippen LogP contribution is -2.45. The third-order valence-corrected chi connectivity index (χ3v) is 3.29. The van der Waals surface area contributed by atoms with Crippen LogP contribution in [0.2, 0.25) is 0 Å². The molecule has 2 heterocycles. The van der Waals surface area contributed by atoms with Crippen molar-refractivity contribution in [3.05, 3.63) is 24.4 Å². The zero-order chi connectivity index (χ0) is 12.3. The Bertz CT molecular complexity index is 375. The Kier molecular flexibility index (Phi) is 3.46. The van der Waals surface area contributed by atoms with Gasteiger partial charge in [-0.15, -0.1) is 0 Å². The Balaban J connectivity index is 1.95. The summed E-state index contributed by atoms with van der Waals surface area (Å²) in [5.74, 6) is 0.946. The normalized spacial score (nSPS) is 16.9. The summed E-state index contributed by atoms with van der Waals surface area (Å²) < 4.78 is 0. The van der Waals surface area contributed by atoms with Gasteiger partial charge in [0.25, 0.3) is 0 Å². The lowest BCUT2D eigenvalue weighted by Gasteiger charge is -2.36. The van der Waals surface area contributed by atoms with Gasteiger partial charge in [-0.25, -0.2) is 9.78 Å². The van der Waals surface area contributed by atoms with E-state index in [4.69, 9.17) is 5.11 Å². The summed E-state index contributed by atoms with van der Waals surface area (Å²) >= 11 is 0. The van der Waals surface area contributed by atoms with E-state index in [0.717, 1.165) is 18.7 Å². The lowest BCUT2D eigenvalue weighted by molar-refractivity contribution is 0.132. The molecular weight excluding hydrogens is 218 g/mol. The Labute approximate surface area is 101 Å². The van der Waals surface area contributed by atoms with Crippen LogP contribution in [0.4, 0.5) is 10.6 Å². The molecule has 1 aromatic heterocycles. The van der Waals surface area contributed by atoms with Crippen LogP contribution in [-0.2, 0) is 0 Å². The van der Waals surface area contributed by atoms with Gasteiger partial charge in [0.05, 0.1) is 0 Å². The summed E-state index contributed by atoms with van der Waals surface area (Å²) in [6, 6.07) is 6.21. The molecule has 0 aliphatic carbocycles. The quantitative estimate of drug-likeness (QED) is 0.847. The van der Waals surface area contributed by atoms with E-state index in [1.54, 1.807) is 6.20 Å². The Morgan fingerprint density at radius 3 is 2.71 bits per heavy atom. The molecule has 0 aromatic carbocycles. The van der Waals surface area contributed by atoms with Crippen molar-refractivity contribution in [3.8, 4) is 0 Å². The van der Waals surface area contributed by atoms with Gasteiger partial charge in [-0.1, -0.05) is 6.07 Å². The van der Waals surface area contributed by atoms with Crippen molar-refractivity contribution >= 4 is 11.9 Å². The van der Waals surface area contributed by atoms with Crippen LogP contribution < -0.4 is 4.90 Å². The van der Waals surface area contributed by atoms with Crippen molar-refractivity contribution in [2.24, 2.45) is 0 Å². The topological polar surface area (TPSA) is 56.7 Å². The Morgan fingerprint density at radius 2 is 2.18 bits per heavy atom. The van der Waals surface area contributed by atoms with E-state index >= 15 is 0 Å². The van der Waals surface area contributed by atoms with E-state index in [9.17, 15) is 4.79 Å². The fourth-order valence-electron chi connectivity index (χ4n) is 2.19. The minimum atomic E-state index is -0.816. The first-order chi connectivity index (χ1) is 8.18. The van der Waals surface area contributed by atoms with Gasteiger partial charge >= 0.3 is 6.09 Å². The monoisotopic (exact) mass is 235 g/mol. The summed E-state index contributed by atoms with van der Waals surface area (Å²) in [6.45, 7) is 1.22. The van der Waals surface area contributed by atoms with Crippen LogP contribution in [0, 0.1) is 0 Å². The standard InChI is InChI=1S/C12H17N3O2/c1-14(11-4-2-3-7-13-11)10-5-8-15(9-6-10)12(16)17/h2-4,7,10H,5-6,8-9H2,1H3,(H,16,17). The molecule has 1 N–H and O–H groups in total. The summed E-state index contributed by atoms with van der Waals surface area (Å²) in [5, 5.41) is 8.88. The van der Waals surface area contributed by atoms with Crippen LogP contribution in [0.1, 0.15) is 12.8 Å². The van der Waals surface area contributed by atoms with E-state index < -0.39 is 6.09 Å². The molecule has 1 fully saturated rings. The van der Waals surface area contributed by atoms with Crippen molar-refractivity contribution < 1.29 is 9.90 Å². The number of carbonyl (C=O) groups is 1. The highest BCUT2D eigenvalue weighted by atomic mass is 16.4. The number of rotatable bonds is 2. The van der Waals surface area contributed by atoms with E-state index in [1.807, 2.05) is 25.2 Å². The van der Waals surface area contributed by atoms with E-state index in [-0.39, 0.29) is 0 Å². The molecule has 1 aromatic rings. The molecular formula is C12H17N3O2. The average molecular weight is 235 g/mol. The van der Waals surface area contributed by atoms with Gasteiger partial charge in [0.15, 0.2) is 0 Å². The lowest BCUT2D eigenvalue weighted by atomic mass is 10.0. The summed E-state index contributed by atoms with van der Waals surface area (Å²) in [4.78, 5) is 18.7. The van der Waals surface area contributed by atoms with E-state index in [0.29, 0.717) is 19.1 Å². The first-order valence-electron chi connectivity index (χ1n) is 5.80. The molecule has 5 nitrogen and oxygen atoms in total. The van der Waals surface area contributed by atoms with Crippen molar-refractivity contribution in [3.63, 3.8) is 0 Å². The van der Waals surface area contributed by atoms with Gasteiger partial charge in [-0.3, -0.25) is 0 Å². The minimum absolute atomic E-state index is 0.375. The highest BCUT2D eigenvalue weighted by Crippen LogP contribution is 2.19. The number of amides is 1. The maximum absolute atomic E-state index is 10.8. The highest BCUT2D eigenvalue weighted by Gasteiger charge is 2.25. The number of piperidine rings is 1. The van der Waals surface area contributed by atoms with Gasteiger partial charge in [0, 0.05) is 32.4 Å². The van der Waals surface area contributed by atoms with Crippen LogP contribution in [0.5, 0.6) is 0 Å². The van der Waals surface area contributed by atoms with Crippen LogP contribution in [0.25, 0.3) is 0 Å². The number of aromatic nitrogens is 1. The molecule has 1 aliphatic rings. The zero-order valence-electron chi connectivity index (χ0n) is 9.91. The Hall–Kier alpha value is -1.78. The fourth-order valence-corrected chi connectivity index (χ4v) is 2.19. The number of hydrogen-bond acceptors (Lipinski definition) is 3. The first-order valence-corrected chi connectivity index (χ1v) is 5.80. The van der Waals surface area contributed by atoms with Crippen LogP contribution in [0.3, 0.4) is 0 Å². The van der Waals surface area contributed by atoms with Crippen molar-refractivity contribution in [2.75, 3.05) is 25.0 Å². The number of anilines is 1. The summed E-state index contributed by atoms with van der Waals surface area (Å²) in [7, 11) is 2.02. The fraction of sp³-hybridized carbons (Fsp3) is 0.500. The van der Waals surface area contributed by atoms with E-state index in [2.05, 4.69) is 9.88 Å². The third kappa shape index (κ3) is 2.67. The van der Waals surface area contributed by atoms with Gasteiger partial charge in [-0.2, -0.15) is 0 Å². The predicted molar refractivity (Wildman–Crippen MR) is 65.3 cm³/mol. The minimum Gasteiger partial charge on any atom is -0.465 e. The smallest absolute Gasteiger partial charge is 0.407 e. The van der Waals surface area contributed by atoms with Crippen LogP contribution in [0.15, 0.2) is 24.4 Å². The zero-order valence-corrected chi connectivity index (χ0v) is 9.91. The van der Waals surface area contributed by atoms with Gasteiger partial charge in [-0.05, 0) is 25.0 Å². The second-order valence-corrected chi connectivity index (χ2v) is 4.30. The van der Waals surface area contributed by atoms with Crippen LogP contribution in [-0.4, -0.2) is 47.3 Å². The second-order valence-electron chi connectivity index (χ2n) is 4.30. The molecule has 0 radical (unpaired) electrons. The largest absolute Gasteiger partial charge is 0.465 e. The molecule has 0 atom stereocenters. The molecule has 0 bridgehead atoms. The number of carboxylic acid groups (broad SMARTS) is 1. The first kappa shape index (κ1) is 11.7. The molecule has 1 amide bonds. The maximum atomic E-state index is 10.8. The second kappa shape index (κ2) is 5.03. The molecule has 5 heteroatoms. The van der Waals surface area contributed by atoms with Crippen LogP contribution >= 0.6 is 0 Å². The number of nitrogens with zero attached hydrogens (tertiary/aromatic N) is 3. The number of likely N-dealkylation sites (tertiary alicyclic amines) is 1. The van der Waals surface area contributed by atoms with Gasteiger partial charge < -0.3 is 14.9 Å². The van der Waals surface area contributed by atoms with Crippen molar-refractivity contribution in [1.82, 2.24) is 9.88 Å². The maximum Gasteiger partial charge on any atom is 0.407 e. The average Bonchev–Trinajstić information content (AvgIpc) is 2.39. The number of pyridine rings is 1. The molecule has 1 aliphatic heterocycles. The molecule has 2 rings (SSSR count). The highest BCUT2D eigenvalue weighted by molar-refractivity contribution is 5.65. The van der Waals surface area contributed by atoms with Gasteiger partial charge in [0.1, 0.15) is 5.82 Å². The summed E-state index contributed by atoms with van der Waals surface area (Å²) in [6.07, 6.45) is 2.68. The van der Waals surface area contributed by atoms with Crippen molar-refractivity contribution in [1.29, 1.82) is 0 Å². The molecule has 92 valence electrons. The molecule has 0 unspecified atom stereocenters. The molecule has 17 heavy (non-hydrogen) atoms.